The van der Waals surface area contributed by atoms with Gasteiger partial charge in [-0.25, -0.2) is 4.98 Å². The number of fused-ring (bicyclic) bond motifs is 2. The maximum absolute atomic E-state index is 13.6. The smallest absolute Gasteiger partial charge is 0.248 e. The second-order valence-electron chi connectivity index (χ2n) is 10.3. The lowest BCUT2D eigenvalue weighted by molar-refractivity contribution is -0.138. The summed E-state index contributed by atoms with van der Waals surface area (Å²) in [5.74, 6) is 0.350. The lowest BCUT2D eigenvalue weighted by Crippen LogP contribution is -2.47. The minimum absolute atomic E-state index is 0.0698. The molecule has 1 aliphatic carbocycles. The highest BCUT2D eigenvalue weighted by Gasteiger charge is 2.56. The number of ketones is 1. The van der Waals surface area contributed by atoms with Crippen LogP contribution in [0.25, 0.3) is 10.9 Å². The Morgan fingerprint density at radius 3 is 2.65 bits per heavy atom. The number of carbonyl (C=O) groups excluding carboxylic acids is 3. The SMILES string of the molecule is CC(=O)c1nn(CC(=O)N2C[C@H]3C[C@H]3[C@H]2C(=O)Nc2nc(Br)ccc2CN(C)C)c2c(C)nc(C)cc12. The normalized spacial score (nSPS) is 20.4. The fraction of sp³-hybridized carbons (Fsp3) is 0.462. The fourth-order valence-electron chi connectivity index (χ4n) is 5.44. The molecule has 1 N–H and O–H groups in total. The van der Waals surface area contributed by atoms with Crippen molar-refractivity contribution in [3.05, 3.63) is 45.4 Å². The first-order valence-corrected chi connectivity index (χ1v) is 13.1. The monoisotopic (exact) mass is 567 g/mol. The third-order valence-corrected chi connectivity index (χ3v) is 7.50. The van der Waals surface area contributed by atoms with Crippen molar-refractivity contribution in [3.8, 4) is 0 Å². The van der Waals surface area contributed by atoms with Gasteiger partial charge in [0.15, 0.2) is 5.78 Å². The molecule has 0 unspecified atom stereocenters. The molecule has 3 atom stereocenters. The number of aryl methyl sites for hydroxylation is 2. The van der Waals surface area contributed by atoms with Crippen LogP contribution in [0.5, 0.6) is 0 Å². The molecule has 194 valence electrons. The number of pyridine rings is 2. The molecule has 1 saturated heterocycles. The molecule has 2 fully saturated rings. The van der Waals surface area contributed by atoms with Gasteiger partial charge in [-0.15, -0.1) is 0 Å². The number of hydrogen-bond donors (Lipinski definition) is 1. The molecule has 37 heavy (non-hydrogen) atoms. The van der Waals surface area contributed by atoms with E-state index in [1.165, 1.54) is 6.92 Å². The molecule has 0 bridgehead atoms. The van der Waals surface area contributed by atoms with Gasteiger partial charge < -0.3 is 15.1 Å². The van der Waals surface area contributed by atoms with Crippen molar-refractivity contribution in [2.45, 2.75) is 46.3 Å². The first-order valence-electron chi connectivity index (χ1n) is 12.3. The van der Waals surface area contributed by atoms with Crippen molar-refractivity contribution in [1.82, 2.24) is 29.5 Å². The molecule has 0 aromatic carbocycles. The molecule has 1 saturated carbocycles. The lowest BCUT2D eigenvalue weighted by atomic mass is 10.1. The van der Waals surface area contributed by atoms with E-state index in [9.17, 15) is 14.4 Å². The number of amides is 2. The van der Waals surface area contributed by atoms with Gasteiger partial charge in [-0.1, -0.05) is 6.07 Å². The van der Waals surface area contributed by atoms with Crippen molar-refractivity contribution >= 4 is 50.2 Å². The highest BCUT2D eigenvalue weighted by molar-refractivity contribution is 9.10. The van der Waals surface area contributed by atoms with E-state index in [0.717, 1.165) is 17.7 Å². The zero-order chi connectivity index (χ0) is 26.6. The molecule has 5 rings (SSSR count). The van der Waals surface area contributed by atoms with Crippen LogP contribution in [0, 0.1) is 25.7 Å². The number of Topliss-reactive ketones (excluding diaryl/α,β-unsaturated/α-hetero) is 1. The van der Waals surface area contributed by atoms with Gasteiger partial charge in [0.1, 0.15) is 28.7 Å². The van der Waals surface area contributed by atoms with Gasteiger partial charge in [0.25, 0.3) is 0 Å². The Morgan fingerprint density at radius 2 is 1.95 bits per heavy atom. The Labute approximate surface area is 223 Å². The number of anilines is 1. The molecule has 1 aliphatic heterocycles. The third kappa shape index (κ3) is 4.89. The molecule has 0 radical (unpaired) electrons. The summed E-state index contributed by atoms with van der Waals surface area (Å²) >= 11 is 3.39. The first-order chi connectivity index (χ1) is 17.5. The van der Waals surface area contributed by atoms with Crippen LogP contribution in [0.3, 0.4) is 0 Å². The minimum atomic E-state index is -0.568. The van der Waals surface area contributed by atoms with E-state index in [1.54, 1.807) is 9.58 Å². The number of nitrogens with zero attached hydrogens (tertiary/aromatic N) is 6. The summed E-state index contributed by atoms with van der Waals surface area (Å²) in [5.41, 5.74) is 3.37. The topological polar surface area (TPSA) is 113 Å². The van der Waals surface area contributed by atoms with Gasteiger partial charge in [0, 0.05) is 36.7 Å². The fourth-order valence-corrected chi connectivity index (χ4v) is 5.74. The van der Waals surface area contributed by atoms with Crippen LogP contribution in [0.15, 0.2) is 22.8 Å². The Kier molecular flexibility index (Phi) is 6.61. The third-order valence-electron chi connectivity index (χ3n) is 7.06. The van der Waals surface area contributed by atoms with Gasteiger partial charge in [-0.05, 0) is 74.3 Å². The van der Waals surface area contributed by atoms with E-state index in [0.29, 0.717) is 51.7 Å². The molecular weight excluding hydrogens is 538 g/mol. The summed E-state index contributed by atoms with van der Waals surface area (Å²) in [6, 6.07) is 5.03. The van der Waals surface area contributed by atoms with Gasteiger partial charge in [0.2, 0.25) is 11.8 Å². The van der Waals surface area contributed by atoms with E-state index >= 15 is 0 Å². The molecule has 10 nitrogen and oxygen atoms in total. The molecule has 11 heteroatoms. The van der Waals surface area contributed by atoms with Crippen molar-refractivity contribution in [2.75, 3.05) is 26.0 Å². The predicted molar refractivity (Wildman–Crippen MR) is 142 cm³/mol. The number of halogens is 1. The average molecular weight is 568 g/mol. The van der Waals surface area contributed by atoms with Crippen molar-refractivity contribution in [2.24, 2.45) is 11.8 Å². The minimum Gasteiger partial charge on any atom is -0.328 e. The van der Waals surface area contributed by atoms with E-state index < -0.39 is 6.04 Å². The predicted octanol–water partition coefficient (Wildman–Crippen LogP) is 2.96. The number of carbonyl (C=O) groups is 3. The second-order valence-corrected chi connectivity index (χ2v) is 11.1. The van der Waals surface area contributed by atoms with Crippen molar-refractivity contribution in [1.29, 1.82) is 0 Å². The zero-order valence-corrected chi connectivity index (χ0v) is 23.2. The Hall–Kier alpha value is -3.18. The van der Waals surface area contributed by atoms with Gasteiger partial charge >= 0.3 is 0 Å². The van der Waals surface area contributed by atoms with Crippen LogP contribution >= 0.6 is 15.9 Å². The largest absolute Gasteiger partial charge is 0.328 e. The molecule has 2 aliphatic rings. The summed E-state index contributed by atoms with van der Waals surface area (Å²) in [7, 11) is 3.91. The van der Waals surface area contributed by atoms with E-state index in [-0.39, 0.29) is 30.1 Å². The summed E-state index contributed by atoms with van der Waals surface area (Å²) in [4.78, 5) is 52.0. The van der Waals surface area contributed by atoms with Gasteiger partial charge in [0.05, 0.1) is 11.2 Å². The van der Waals surface area contributed by atoms with Crippen molar-refractivity contribution < 1.29 is 14.4 Å². The number of piperidine rings is 1. The average Bonchev–Trinajstić information content (AvgIpc) is 3.30. The summed E-state index contributed by atoms with van der Waals surface area (Å²) in [6.07, 6.45) is 0.930. The quantitative estimate of drug-likeness (QED) is 0.345. The van der Waals surface area contributed by atoms with Crippen LogP contribution in [-0.2, 0) is 22.7 Å². The number of likely N-dealkylation sites (tertiary alicyclic amines) is 1. The van der Waals surface area contributed by atoms with Crippen molar-refractivity contribution in [3.63, 3.8) is 0 Å². The number of rotatable bonds is 7. The summed E-state index contributed by atoms with van der Waals surface area (Å²) in [5, 5.41) is 8.16. The van der Waals surface area contributed by atoms with E-state index in [4.69, 9.17) is 0 Å². The molecule has 0 spiro atoms. The number of nitrogens with one attached hydrogen (secondary N) is 1. The van der Waals surface area contributed by atoms with Crippen LogP contribution < -0.4 is 5.32 Å². The molecule has 2 amide bonds. The molecule has 3 aromatic rings. The summed E-state index contributed by atoms with van der Waals surface area (Å²) < 4.78 is 2.18. The van der Waals surface area contributed by atoms with Crippen LogP contribution in [0.2, 0.25) is 0 Å². The number of aromatic nitrogens is 4. The highest BCUT2D eigenvalue weighted by Crippen LogP contribution is 2.50. The molecule has 4 heterocycles. The Morgan fingerprint density at radius 1 is 1.19 bits per heavy atom. The molecular formula is C26H30BrN7O3. The van der Waals surface area contributed by atoms with E-state index in [1.807, 2.05) is 51.0 Å². The van der Waals surface area contributed by atoms with Crippen LogP contribution in [0.4, 0.5) is 5.82 Å². The summed E-state index contributed by atoms with van der Waals surface area (Å²) in [6.45, 7) is 6.26. The maximum Gasteiger partial charge on any atom is 0.248 e. The standard InChI is InChI=1S/C26H30BrN7O3/c1-13-8-19-22(15(3)35)31-34(23(19)14(2)28-13)12-21(36)33-11-17-9-18(17)24(33)26(37)30-25-16(10-32(4)5)6-7-20(27)29-25/h6-8,17-18,24H,9-12H2,1-5H3,(H,29,30,37)/t17-,18-,24+/m1/s1. The molecule has 3 aromatic heterocycles. The van der Waals surface area contributed by atoms with Crippen LogP contribution in [0.1, 0.15) is 40.8 Å². The maximum atomic E-state index is 13.6. The lowest BCUT2D eigenvalue weighted by Gasteiger charge is -2.27. The van der Waals surface area contributed by atoms with Crippen LogP contribution in [-0.4, -0.2) is 73.8 Å². The Bertz CT molecular complexity index is 1430. The highest BCUT2D eigenvalue weighted by atomic mass is 79.9. The van der Waals surface area contributed by atoms with E-state index in [2.05, 4.69) is 36.3 Å². The Balaban J connectivity index is 1.40. The zero-order valence-electron chi connectivity index (χ0n) is 21.6. The van der Waals surface area contributed by atoms with Gasteiger partial charge in [-0.2, -0.15) is 5.10 Å². The van der Waals surface area contributed by atoms with Gasteiger partial charge in [-0.3, -0.25) is 24.0 Å². The first kappa shape index (κ1) is 25.5. The second kappa shape index (κ2) is 9.60. The number of hydrogen-bond acceptors (Lipinski definition) is 7.